The first-order chi connectivity index (χ1) is 14.1. The first-order valence-electron chi connectivity index (χ1n) is 9.08. The predicted molar refractivity (Wildman–Crippen MR) is 107 cm³/mol. The zero-order valence-electron chi connectivity index (χ0n) is 15.9. The maximum Gasteiger partial charge on any atom is 0.352 e. The predicted octanol–water partition coefficient (Wildman–Crippen LogP) is 1.76. The number of rotatable bonds is 11. The van der Waals surface area contributed by atoms with Gasteiger partial charge in [-0.25, -0.2) is 14.8 Å². The maximum absolute atomic E-state index is 11.0. The fourth-order valence-corrected chi connectivity index (χ4v) is 2.75. The van der Waals surface area contributed by atoms with Crippen LogP contribution in [0.4, 0.5) is 11.5 Å². The average Bonchev–Trinajstić information content (AvgIpc) is 3.19. The van der Waals surface area contributed by atoms with Crippen LogP contribution in [0.15, 0.2) is 30.7 Å². The summed E-state index contributed by atoms with van der Waals surface area (Å²) >= 11 is 0. The SMILES string of the molecule is COc1cc2c(Nc3c[nH]c(C(=O)O)c3)ncnc2cc1OCCCNCCO. The summed E-state index contributed by atoms with van der Waals surface area (Å²) in [6.07, 6.45) is 3.75. The van der Waals surface area contributed by atoms with Crippen LogP contribution in [-0.2, 0) is 0 Å². The van der Waals surface area contributed by atoms with Crippen molar-refractivity contribution < 1.29 is 24.5 Å². The number of methoxy groups -OCH3 is 1. The molecule has 3 aromatic rings. The molecule has 0 radical (unpaired) electrons. The molecule has 2 aromatic heterocycles. The smallest absolute Gasteiger partial charge is 0.352 e. The Hall–Kier alpha value is -3.37. The summed E-state index contributed by atoms with van der Waals surface area (Å²) in [5.74, 6) is 0.588. The third kappa shape index (κ3) is 5.12. The van der Waals surface area contributed by atoms with Crippen molar-refractivity contribution in [3.63, 3.8) is 0 Å². The van der Waals surface area contributed by atoms with Crippen molar-refractivity contribution in [1.29, 1.82) is 0 Å². The summed E-state index contributed by atoms with van der Waals surface area (Å²) in [7, 11) is 1.55. The summed E-state index contributed by atoms with van der Waals surface area (Å²) in [5, 5.41) is 24.7. The van der Waals surface area contributed by atoms with Crippen molar-refractivity contribution in [3.05, 3.63) is 36.4 Å². The first kappa shape index (κ1) is 20.4. The van der Waals surface area contributed by atoms with Crippen molar-refractivity contribution in [2.24, 2.45) is 0 Å². The minimum atomic E-state index is -1.04. The van der Waals surface area contributed by atoms with Gasteiger partial charge in [-0.15, -0.1) is 0 Å². The second-order valence-corrected chi connectivity index (χ2v) is 6.15. The van der Waals surface area contributed by atoms with Gasteiger partial charge in [-0.3, -0.25) is 0 Å². The lowest BCUT2D eigenvalue weighted by molar-refractivity contribution is 0.0691. The molecule has 0 amide bonds. The van der Waals surface area contributed by atoms with Gasteiger partial charge in [0, 0.05) is 24.2 Å². The standard InChI is InChI=1S/C19H23N5O5/c1-28-16-8-13-14(9-17(16)29-6-2-3-20-4-5-25)22-11-23-18(13)24-12-7-15(19(26)27)21-10-12/h7-11,20-21,25H,2-6H2,1H3,(H,26,27)(H,22,23,24). The van der Waals surface area contributed by atoms with Crippen molar-refractivity contribution >= 4 is 28.4 Å². The molecule has 3 rings (SSSR count). The zero-order chi connectivity index (χ0) is 20.6. The molecular formula is C19H23N5O5. The van der Waals surface area contributed by atoms with Crippen LogP contribution >= 0.6 is 0 Å². The Labute approximate surface area is 166 Å². The molecule has 5 N–H and O–H groups in total. The van der Waals surface area contributed by atoms with Crippen LogP contribution in [0.1, 0.15) is 16.9 Å². The van der Waals surface area contributed by atoms with E-state index in [1.165, 1.54) is 12.4 Å². The largest absolute Gasteiger partial charge is 0.493 e. The van der Waals surface area contributed by atoms with E-state index in [1.807, 2.05) is 0 Å². The Balaban J connectivity index is 1.78. The number of aliphatic hydroxyl groups is 1. The Morgan fingerprint density at radius 2 is 2.07 bits per heavy atom. The fourth-order valence-electron chi connectivity index (χ4n) is 2.75. The molecule has 0 aliphatic rings. The Kier molecular flexibility index (Phi) is 6.82. The molecule has 10 heteroatoms. The van der Waals surface area contributed by atoms with E-state index in [1.54, 1.807) is 25.4 Å². The quantitative estimate of drug-likeness (QED) is 0.304. The van der Waals surface area contributed by atoms with Gasteiger partial charge in [0.05, 0.1) is 31.5 Å². The molecule has 0 bridgehead atoms. The van der Waals surface area contributed by atoms with E-state index in [0.29, 0.717) is 47.1 Å². The van der Waals surface area contributed by atoms with Gasteiger partial charge < -0.3 is 35.3 Å². The van der Waals surface area contributed by atoms with Gasteiger partial charge in [0.15, 0.2) is 11.5 Å². The summed E-state index contributed by atoms with van der Waals surface area (Å²) in [4.78, 5) is 22.3. The molecule has 0 aliphatic heterocycles. The van der Waals surface area contributed by atoms with E-state index >= 15 is 0 Å². The molecule has 1 aromatic carbocycles. The fraction of sp³-hybridized carbons (Fsp3) is 0.316. The number of nitrogens with zero attached hydrogens (tertiary/aromatic N) is 2. The van der Waals surface area contributed by atoms with E-state index in [9.17, 15) is 4.79 Å². The summed E-state index contributed by atoms with van der Waals surface area (Å²) in [5.41, 5.74) is 1.30. The highest BCUT2D eigenvalue weighted by molar-refractivity contribution is 5.93. The molecule has 154 valence electrons. The van der Waals surface area contributed by atoms with Gasteiger partial charge in [0.25, 0.3) is 0 Å². The highest BCUT2D eigenvalue weighted by atomic mass is 16.5. The number of fused-ring (bicyclic) bond motifs is 1. The maximum atomic E-state index is 11.0. The lowest BCUT2D eigenvalue weighted by atomic mass is 10.2. The zero-order valence-corrected chi connectivity index (χ0v) is 15.9. The highest BCUT2D eigenvalue weighted by Gasteiger charge is 2.13. The number of aromatic amines is 1. The van der Waals surface area contributed by atoms with Gasteiger partial charge in [-0.2, -0.15) is 0 Å². The second kappa shape index (κ2) is 9.71. The van der Waals surface area contributed by atoms with Crippen LogP contribution in [0.25, 0.3) is 10.9 Å². The highest BCUT2D eigenvalue weighted by Crippen LogP contribution is 2.34. The summed E-state index contributed by atoms with van der Waals surface area (Å²) in [6.45, 7) is 1.89. The molecule has 0 saturated heterocycles. The van der Waals surface area contributed by atoms with Gasteiger partial charge in [0.2, 0.25) is 0 Å². The number of carboxylic acids is 1. The third-order valence-corrected chi connectivity index (χ3v) is 4.14. The van der Waals surface area contributed by atoms with E-state index in [2.05, 4.69) is 25.6 Å². The average molecular weight is 401 g/mol. The van der Waals surface area contributed by atoms with Crippen LogP contribution in [0.3, 0.4) is 0 Å². The molecule has 0 fully saturated rings. The molecule has 0 aliphatic carbocycles. The number of hydrogen-bond donors (Lipinski definition) is 5. The minimum absolute atomic E-state index is 0.0765. The molecule has 0 atom stereocenters. The molecule has 0 saturated carbocycles. The van der Waals surface area contributed by atoms with E-state index in [0.717, 1.165) is 13.0 Å². The molecule has 0 spiro atoms. The number of nitrogens with one attached hydrogen (secondary N) is 3. The van der Waals surface area contributed by atoms with Crippen LogP contribution in [0.2, 0.25) is 0 Å². The Bertz CT molecular complexity index is 975. The summed E-state index contributed by atoms with van der Waals surface area (Å²) < 4.78 is 11.3. The van der Waals surface area contributed by atoms with Crippen molar-refractivity contribution in [2.75, 3.05) is 38.7 Å². The molecule has 2 heterocycles. The monoisotopic (exact) mass is 401 g/mol. The van der Waals surface area contributed by atoms with Crippen molar-refractivity contribution in [2.45, 2.75) is 6.42 Å². The number of carboxylic acid groups (broad SMARTS) is 1. The first-order valence-corrected chi connectivity index (χ1v) is 9.08. The van der Waals surface area contributed by atoms with Crippen LogP contribution in [0.5, 0.6) is 11.5 Å². The number of anilines is 2. The van der Waals surface area contributed by atoms with Crippen LogP contribution in [-0.4, -0.2) is 64.5 Å². The second-order valence-electron chi connectivity index (χ2n) is 6.15. The van der Waals surface area contributed by atoms with Crippen LogP contribution in [0, 0.1) is 0 Å². The normalized spacial score (nSPS) is 10.8. The van der Waals surface area contributed by atoms with Crippen LogP contribution < -0.4 is 20.1 Å². The number of carbonyl (C=O) groups is 1. The lowest BCUT2D eigenvalue weighted by Gasteiger charge is -2.13. The Morgan fingerprint density at radius 3 is 2.79 bits per heavy atom. The molecule has 0 unspecified atom stereocenters. The van der Waals surface area contributed by atoms with Gasteiger partial charge in [-0.05, 0) is 25.1 Å². The van der Waals surface area contributed by atoms with E-state index in [4.69, 9.17) is 19.7 Å². The molecule has 10 nitrogen and oxygen atoms in total. The minimum Gasteiger partial charge on any atom is -0.493 e. The number of ether oxygens (including phenoxy) is 2. The number of aromatic nitrogens is 3. The number of benzene rings is 1. The van der Waals surface area contributed by atoms with Gasteiger partial charge in [-0.1, -0.05) is 0 Å². The number of hydrogen-bond acceptors (Lipinski definition) is 8. The van der Waals surface area contributed by atoms with Crippen molar-refractivity contribution in [3.8, 4) is 11.5 Å². The number of aliphatic hydroxyl groups excluding tert-OH is 1. The number of aromatic carboxylic acids is 1. The van der Waals surface area contributed by atoms with E-state index in [-0.39, 0.29) is 12.3 Å². The number of H-pyrrole nitrogens is 1. The topological polar surface area (TPSA) is 142 Å². The van der Waals surface area contributed by atoms with E-state index < -0.39 is 5.97 Å². The molecular weight excluding hydrogens is 378 g/mol. The van der Waals surface area contributed by atoms with Crippen molar-refractivity contribution in [1.82, 2.24) is 20.3 Å². The third-order valence-electron chi connectivity index (χ3n) is 4.14. The lowest BCUT2D eigenvalue weighted by Crippen LogP contribution is -2.20. The Morgan fingerprint density at radius 1 is 1.21 bits per heavy atom. The van der Waals surface area contributed by atoms with Gasteiger partial charge in [0.1, 0.15) is 17.8 Å². The van der Waals surface area contributed by atoms with Gasteiger partial charge >= 0.3 is 5.97 Å². The molecule has 29 heavy (non-hydrogen) atoms. The summed E-state index contributed by atoms with van der Waals surface area (Å²) in [6, 6.07) is 5.04.